The number of rotatable bonds is 2. The number of amides is 2. The summed E-state index contributed by atoms with van der Waals surface area (Å²) < 4.78 is 27.6. The van der Waals surface area contributed by atoms with Gasteiger partial charge in [-0.2, -0.15) is 0 Å². The number of benzene rings is 3. The average Bonchev–Trinajstić information content (AvgIpc) is 2.84. The first-order chi connectivity index (χ1) is 13.9. The van der Waals surface area contributed by atoms with Gasteiger partial charge in [0.1, 0.15) is 18.2 Å². The molecule has 0 aromatic heterocycles. The molecule has 29 heavy (non-hydrogen) atoms. The summed E-state index contributed by atoms with van der Waals surface area (Å²) >= 11 is 6.02. The van der Waals surface area contributed by atoms with Crippen LogP contribution in [0.4, 0.5) is 14.5 Å². The van der Waals surface area contributed by atoms with E-state index in [1.165, 1.54) is 53.4 Å². The van der Waals surface area contributed by atoms with Crippen LogP contribution in [0, 0.1) is 11.6 Å². The lowest BCUT2D eigenvalue weighted by Gasteiger charge is -2.30. The summed E-state index contributed by atoms with van der Waals surface area (Å²) in [5, 5.41) is 3.08. The Morgan fingerprint density at radius 3 is 2.45 bits per heavy atom. The molecule has 0 radical (unpaired) electrons. The van der Waals surface area contributed by atoms with E-state index in [0.29, 0.717) is 21.8 Å². The molecule has 1 aliphatic heterocycles. The summed E-state index contributed by atoms with van der Waals surface area (Å²) in [6, 6.07) is 15.1. The van der Waals surface area contributed by atoms with Crippen molar-refractivity contribution >= 4 is 29.1 Å². The molecule has 0 bridgehead atoms. The Balaban J connectivity index is 1.90. The minimum absolute atomic E-state index is 0.260. The topological polar surface area (TPSA) is 49.4 Å². The predicted molar refractivity (Wildman–Crippen MR) is 106 cm³/mol. The number of halogens is 3. The first kappa shape index (κ1) is 19.1. The molecule has 1 atom stereocenters. The molecule has 3 aromatic carbocycles. The number of anilines is 1. The van der Waals surface area contributed by atoms with E-state index >= 15 is 0 Å². The quantitative estimate of drug-likeness (QED) is 0.657. The molecular weight excluding hydrogens is 398 g/mol. The Kier molecular flexibility index (Phi) is 5.03. The summed E-state index contributed by atoms with van der Waals surface area (Å²) in [4.78, 5) is 27.1. The molecule has 1 unspecified atom stereocenters. The molecular formula is C22H15ClF2N2O2. The van der Waals surface area contributed by atoms with E-state index in [0.717, 1.165) is 0 Å². The number of nitrogens with zero attached hydrogens (tertiary/aromatic N) is 1. The van der Waals surface area contributed by atoms with Gasteiger partial charge in [0, 0.05) is 21.8 Å². The Labute approximate surface area is 170 Å². The van der Waals surface area contributed by atoms with Crippen LogP contribution in [0.15, 0.2) is 66.7 Å². The molecule has 4 rings (SSSR count). The fraction of sp³-hybridized carbons (Fsp3) is 0.0909. The zero-order valence-corrected chi connectivity index (χ0v) is 15.8. The predicted octanol–water partition coefficient (Wildman–Crippen LogP) is 4.80. The number of hydrogen-bond acceptors (Lipinski definition) is 2. The highest BCUT2D eigenvalue weighted by Gasteiger charge is 2.34. The maximum absolute atomic E-state index is 14.1. The third-order valence-corrected chi connectivity index (χ3v) is 4.96. The van der Waals surface area contributed by atoms with Gasteiger partial charge in [0.25, 0.3) is 5.91 Å². The number of hydrogen-bond donors (Lipinski definition) is 1. The first-order valence-corrected chi connectivity index (χ1v) is 9.21. The summed E-state index contributed by atoms with van der Waals surface area (Å²) in [6.45, 7) is -0.260. The normalized spacial score (nSPS) is 16.0. The minimum Gasteiger partial charge on any atom is -0.324 e. The summed E-state index contributed by atoms with van der Waals surface area (Å²) in [6.07, 6.45) is 0. The minimum atomic E-state index is -0.799. The monoisotopic (exact) mass is 412 g/mol. The van der Waals surface area contributed by atoms with Crippen molar-refractivity contribution in [2.75, 3.05) is 11.9 Å². The van der Waals surface area contributed by atoms with Crippen molar-refractivity contribution in [3.05, 3.63) is 100 Å². The second-order valence-electron chi connectivity index (χ2n) is 6.68. The molecule has 1 aliphatic rings. The van der Waals surface area contributed by atoms with Crippen molar-refractivity contribution < 1.29 is 18.4 Å². The second kappa shape index (κ2) is 7.64. The lowest BCUT2D eigenvalue weighted by molar-refractivity contribution is -0.117. The van der Waals surface area contributed by atoms with Crippen LogP contribution in [-0.2, 0) is 4.79 Å². The van der Waals surface area contributed by atoms with Gasteiger partial charge < -0.3 is 10.2 Å². The standard InChI is InChI=1S/C22H15ClF2N2O2/c23-15-3-1-2-14(10-15)22(29)27-12-20(28)26-19-9-8-17(25)11-18(19)21(27)13-4-6-16(24)7-5-13/h1-11,21H,12H2,(H,26,28). The number of fused-ring (bicyclic) bond motifs is 1. The molecule has 1 N–H and O–H groups in total. The molecule has 0 saturated carbocycles. The van der Waals surface area contributed by atoms with Crippen LogP contribution in [0.2, 0.25) is 5.02 Å². The van der Waals surface area contributed by atoms with Gasteiger partial charge in [-0.15, -0.1) is 0 Å². The summed E-state index contributed by atoms with van der Waals surface area (Å²) in [5.74, 6) is -1.82. The van der Waals surface area contributed by atoms with Gasteiger partial charge in [0.2, 0.25) is 5.91 Å². The first-order valence-electron chi connectivity index (χ1n) is 8.83. The van der Waals surface area contributed by atoms with Crippen LogP contribution in [-0.4, -0.2) is 23.3 Å². The Bertz CT molecular complexity index is 1100. The fourth-order valence-corrected chi connectivity index (χ4v) is 3.65. The number of carbonyl (C=O) groups excluding carboxylic acids is 2. The average molecular weight is 413 g/mol. The highest BCUT2D eigenvalue weighted by atomic mass is 35.5. The molecule has 0 saturated heterocycles. The van der Waals surface area contributed by atoms with Crippen LogP contribution < -0.4 is 5.32 Å². The van der Waals surface area contributed by atoms with Crippen LogP contribution in [0.1, 0.15) is 27.5 Å². The van der Waals surface area contributed by atoms with Crippen LogP contribution in [0.3, 0.4) is 0 Å². The lowest BCUT2D eigenvalue weighted by atomic mass is 9.95. The van der Waals surface area contributed by atoms with Crippen LogP contribution in [0.25, 0.3) is 0 Å². The Morgan fingerprint density at radius 1 is 1.00 bits per heavy atom. The van der Waals surface area contributed by atoms with Crippen LogP contribution in [0.5, 0.6) is 0 Å². The molecule has 4 nitrogen and oxygen atoms in total. The van der Waals surface area contributed by atoms with E-state index < -0.39 is 29.5 Å². The van der Waals surface area contributed by atoms with Gasteiger partial charge in [-0.3, -0.25) is 9.59 Å². The van der Waals surface area contributed by atoms with E-state index in [2.05, 4.69) is 5.32 Å². The van der Waals surface area contributed by atoms with E-state index in [1.807, 2.05) is 0 Å². The summed E-state index contributed by atoms with van der Waals surface area (Å²) in [5.41, 5.74) is 1.63. The van der Waals surface area contributed by atoms with E-state index in [-0.39, 0.29) is 12.1 Å². The highest BCUT2D eigenvalue weighted by Crippen LogP contribution is 2.37. The van der Waals surface area contributed by atoms with Gasteiger partial charge in [-0.25, -0.2) is 8.78 Å². The maximum Gasteiger partial charge on any atom is 0.255 e. The zero-order valence-electron chi connectivity index (χ0n) is 15.0. The Hall–Kier alpha value is -3.25. The third kappa shape index (κ3) is 3.84. The summed E-state index contributed by atoms with van der Waals surface area (Å²) in [7, 11) is 0. The van der Waals surface area contributed by atoms with Crippen molar-refractivity contribution in [1.29, 1.82) is 0 Å². The third-order valence-electron chi connectivity index (χ3n) is 4.73. The molecule has 146 valence electrons. The SMILES string of the molecule is O=C1CN(C(=O)c2cccc(Cl)c2)C(c2ccc(F)cc2)c2cc(F)ccc2N1. The molecule has 0 aliphatic carbocycles. The van der Waals surface area contributed by atoms with Gasteiger partial charge in [-0.1, -0.05) is 29.8 Å². The van der Waals surface area contributed by atoms with E-state index in [4.69, 9.17) is 11.6 Å². The fourth-order valence-electron chi connectivity index (χ4n) is 3.46. The number of carbonyl (C=O) groups is 2. The molecule has 7 heteroatoms. The van der Waals surface area contributed by atoms with Crippen molar-refractivity contribution in [2.45, 2.75) is 6.04 Å². The Morgan fingerprint density at radius 2 is 1.72 bits per heavy atom. The largest absolute Gasteiger partial charge is 0.324 e. The van der Waals surface area contributed by atoms with E-state index in [1.54, 1.807) is 18.2 Å². The van der Waals surface area contributed by atoms with Gasteiger partial charge >= 0.3 is 0 Å². The molecule has 0 spiro atoms. The van der Waals surface area contributed by atoms with Crippen molar-refractivity contribution in [3.63, 3.8) is 0 Å². The van der Waals surface area contributed by atoms with Crippen molar-refractivity contribution in [3.8, 4) is 0 Å². The van der Waals surface area contributed by atoms with Crippen LogP contribution >= 0.6 is 11.6 Å². The lowest BCUT2D eigenvalue weighted by Crippen LogP contribution is -2.39. The van der Waals surface area contributed by atoms with E-state index in [9.17, 15) is 18.4 Å². The molecule has 1 heterocycles. The molecule has 0 fully saturated rings. The number of nitrogens with one attached hydrogen (secondary N) is 1. The maximum atomic E-state index is 14.1. The second-order valence-corrected chi connectivity index (χ2v) is 7.11. The smallest absolute Gasteiger partial charge is 0.255 e. The van der Waals surface area contributed by atoms with Gasteiger partial charge in [-0.05, 0) is 54.1 Å². The zero-order chi connectivity index (χ0) is 20.5. The highest BCUT2D eigenvalue weighted by molar-refractivity contribution is 6.31. The van der Waals surface area contributed by atoms with Crippen molar-refractivity contribution in [1.82, 2.24) is 4.90 Å². The molecule has 3 aromatic rings. The van der Waals surface area contributed by atoms with Gasteiger partial charge in [0.05, 0.1) is 6.04 Å². The van der Waals surface area contributed by atoms with Crippen molar-refractivity contribution in [2.24, 2.45) is 0 Å². The molecule has 2 amide bonds. The van der Waals surface area contributed by atoms with Gasteiger partial charge in [0.15, 0.2) is 0 Å².